The van der Waals surface area contributed by atoms with Crippen LogP contribution in [0.3, 0.4) is 0 Å². The molecule has 2 rings (SSSR count). The molecule has 21 heavy (non-hydrogen) atoms. The number of carbonyl (C=O) groups is 2. The SMILES string of the molecule is O=C(Nc1ccc(C(=O)O)c(Cl)c1)c1cc(Cl)cc(Cl)c1. The second kappa shape index (κ2) is 6.35. The number of halogens is 3. The van der Waals surface area contributed by atoms with Crippen LogP contribution in [0.15, 0.2) is 36.4 Å². The number of carbonyl (C=O) groups excluding carboxylic acids is 1. The molecule has 1 amide bonds. The summed E-state index contributed by atoms with van der Waals surface area (Å²) in [6, 6.07) is 8.56. The number of aromatic carboxylic acids is 1. The Morgan fingerprint density at radius 2 is 1.57 bits per heavy atom. The van der Waals surface area contributed by atoms with Crippen molar-refractivity contribution in [1.29, 1.82) is 0 Å². The fraction of sp³-hybridized carbons (Fsp3) is 0. The fourth-order valence-electron chi connectivity index (χ4n) is 1.65. The standard InChI is InChI=1S/C14H8Cl3NO3/c15-8-3-7(4-9(16)5-8)13(19)18-10-1-2-11(14(20)21)12(17)6-10/h1-6H,(H,18,19)(H,20,21). The second-order valence-corrected chi connectivity index (χ2v) is 5.39. The van der Waals surface area contributed by atoms with Crippen LogP contribution in [-0.4, -0.2) is 17.0 Å². The highest BCUT2D eigenvalue weighted by molar-refractivity contribution is 6.35. The third-order valence-corrected chi connectivity index (χ3v) is 3.33. The number of hydrogen-bond donors (Lipinski definition) is 2. The van der Waals surface area contributed by atoms with Crippen molar-refractivity contribution < 1.29 is 14.7 Å². The monoisotopic (exact) mass is 343 g/mol. The molecule has 0 bridgehead atoms. The average molecular weight is 345 g/mol. The van der Waals surface area contributed by atoms with E-state index in [1.54, 1.807) is 0 Å². The van der Waals surface area contributed by atoms with Gasteiger partial charge in [0.15, 0.2) is 0 Å². The number of amides is 1. The lowest BCUT2D eigenvalue weighted by Gasteiger charge is -2.07. The van der Waals surface area contributed by atoms with E-state index in [1.807, 2.05) is 0 Å². The summed E-state index contributed by atoms with van der Waals surface area (Å²) >= 11 is 17.5. The first-order chi connectivity index (χ1) is 9.86. The molecule has 7 heteroatoms. The number of rotatable bonds is 3. The predicted molar refractivity (Wildman–Crippen MR) is 82.8 cm³/mol. The van der Waals surface area contributed by atoms with Crippen LogP contribution in [0.4, 0.5) is 5.69 Å². The molecule has 4 nitrogen and oxygen atoms in total. The van der Waals surface area contributed by atoms with Crippen LogP contribution >= 0.6 is 34.8 Å². The number of benzene rings is 2. The molecule has 0 spiro atoms. The van der Waals surface area contributed by atoms with E-state index in [0.29, 0.717) is 15.7 Å². The topological polar surface area (TPSA) is 66.4 Å². The van der Waals surface area contributed by atoms with Crippen LogP contribution < -0.4 is 5.32 Å². The van der Waals surface area contributed by atoms with Crippen molar-refractivity contribution in [3.63, 3.8) is 0 Å². The molecule has 0 radical (unpaired) electrons. The quantitative estimate of drug-likeness (QED) is 0.855. The van der Waals surface area contributed by atoms with Crippen molar-refractivity contribution >= 4 is 52.4 Å². The van der Waals surface area contributed by atoms with Crippen molar-refractivity contribution in [2.24, 2.45) is 0 Å². The van der Waals surface area contributed by atoms with Gasteiger partial charge in [-0.15, -0.1) is 0 Å². The van der Waals surface area contributed by atoms with Crippen molar-refractivity contribution in [3.8, 4) is 0 Å². The van der Waals surface area contributed by atoms with Gasteiger partial charge in [-0.2, -0.15) is 0 Å². The number of nitrogens with one attached hydrogen (secondary N) is 1. The van der Waals surface area contributed by atoms with E-state index in [9.17, 15) is 9.59 Å². The molecule has 0 fully saturated rings. The molecule has 0 aliphatic carbocycles. The Balaban J connectivity index is 2.23. The molecule has 0 aliphatic heterocycles. The van der Waals surface area contributed by atoms with E-state index >= 15 is 0 Å². The Kier molecular flexibility index (Phi) is 4.73. The molecule has 0 aromatic heterocycles. The average Bonchev–Trinajstić information content (AvgIpc) is 2.37. The first kappa shape index (κ1) is 15.6. The first-order valence-electron chi connectivity index (χ1n) is 5.67. The van der Waals surface area contributed by atoms with Crippen molar-refractivity contribution in [2.75, 3.05) is 5.32 Å². The third kappa shape index (κ3) is 3.88. The van der Waals surface area contributed by atoms with Gasteiger partial charge in [0.2, 0.25) is 0 Å². The largest absolute Gasteiger partial charge is 0.478 e. The van der Waals surface area contributed by atoms with Crippen LogP contribution in [0.1, 0.15) is 20.7 Å². The Hall–Kier alpha value is -1.75. The van der Waals surface area contributed by atoms with Crippen LogP contribution in [0, 0.1) is 0 Å². The smallest absolute Gasteiger partial charge is 0.337 e. The maximum atomic E-state index is 12.1. The zero-order valence-corrected chi connectivity index (χ0v) is 12.6. The molecule has 0 unspecified atom stereocenters. The normalized spacial score (nSPS) is 10.2. The summed E-state index contributed by atoms with van der Waals surface area (Å²) in [6.07, 6.45) is 0. The molecule has 0 atom stereocenters. The molecular weight excluding hydrogens is 337 g/mol. The number of hydrogen-bond acceptors (Lipinski definition) is 2. The minimum Gasteiger partial charge on any atom is -0.478 e. The van der Waals surface area contributed by atoms with Crippen LogP contribution in [0.25, 0.3) is 0 Å². The molecule has 0 saturated carbocycles. The zero-order valence-electron chi connectivity index (χ0n) is 10.4. The molecule has 0 heterocycles. The molecule has 0 aliphatic rings. The molecule has 0 saturated heterocycles. The lowest BCUT2D eigenvalue weighted by Crippen LogP contribution is -2.12. The summed E-state index contributed by atoms with van der Waals surface area (Å²) < 4.78 is 0. The molecular formula is C14H8Cl3NO3. The van der Waals surface area contributed by atoms with Crippen molar-refractivity contribution in [1.82, 2.24) is 0 Å². The summed E-state index contributed by atoms with van der Waals surface area (Å²) in [5.74, 6) is -1.57. The third-order valence-electron chi connectivity index (χ3n) is 2.58. The number of carboxylic acids is 1. The highest BCUT2D eigenvalue weighted by atomic mass is 35.5. The molecule has 2 aromatic carbocycles. The van der Waals surface area contributed by atoms with Crippen LogP contribution in [-0.2, 0) is 0 Å². The predicted octanol–water partition coefficient (Wildman–Crippen LogP) is 4.60. The first-order valence-corrected chi connectivity index (χ1v) is 6.80. The number of carboxylic acid groups (broad SMARTS) is 1. The highest BCUT2D eigenvalue weighted by Gasteiger charge is 2.12. The van der Waals surface area contributed by atoms with E-state index in [4.69, 9.17) is 39.9 Å². The van der Waals surface area contributed by atoms with Crippen molar-refractivity contribution in [3.05, 3.63) is 62.6 Å². The lowest BCUT2D eigenvalue weighted by atomic mass is 10.2. The fourth-order valence-corrected chi connectivity index (χ4v) is 2.44. The van der Waals surface area contributed by atoms with Crippen molar-refractivity contribution in [2.45, 2.75) is 0 Å². The van der Waals surface area contributed by atoms with Gasteiger partial charge in [0.25, 0.3) is 5.91 Å². The summed E-state index contributed by atoms with van der Waals surface area (Å²) in [7, 11) is 0. The Morgan fingerprint density at radius 3 is 2.10 bits per heavy atom. The lowest BCUT2D eigenvalue weighted by molar-refractivity contribution is 0.0697. The summed E-state index contributed by atoms with van der Waals surface area (Å²) in [4.78, 5) is 22.9. The zero-order chi connectivity index (χ0) is 15.6. The van der Waals surface area contributed by atoms with Crippen LogP contribution in [0.2, 0.25) is 15.1 Å². The van der Waals surface area contributed by atoms with Gasteiger partial charge >= 0.3 is 5.97 Å². The van der Waals surface area contributed by atoms with Gasteiger partial charge in [-0.1, -0.05) is 34.8 Å². The van der Waals surface area contributed by atoms with E-state index in [-0.39, 0.29) is 16.1 Å². The Labute approximate surface area is 135 Å². The van der Waals surface area contributed by atoms with Gasteiger partial charge in [0.05, 0.1) is 10.6 Å². The van der Waals surface area contributed by atoms with E-state index in [1.165, 1.54) is 36.4 Å². The molecule has 108 valence electrons. The summed E-state index contributed by atoms with van der Waals surface area (Å²) in [6.45, 7) is 0. The van der Waals surface area contributed by atoms with Crippen LogP contribution in [0.5, 0.6) is 0 Å². The van der Waals surface area contributed by atoms with E-state index in [0.717, 1.165) is 0 Å². The maximum absolute atomic E-state index is 12.1. The molecule has 2 N–H and O–H groups in total. The summed E-state index contributed by atoms with van der Waals surface area (Å²) in [5.41, 5.74) is 0.609. The Bertz CT molecular complexity index is 711. The second-order valence-electron chi connectivity index (χ2n) is 4.11. The van der Waals surface area contributed by atoms with Gasteiger partial charge < -0.3 is 10.4 Å². The summed E-state index contributed by atoms with van der Waals surface area (Å²) in [5, 5.41) is 12.2. The van der Waals surface area contributed by atoms with Gasteiger partial charge in [0.1, 0.15) is 0 Å². The van der Waals surface area contributed by atoms with Gasteiger partial charge in [-0.3, -0.25) is 4.79 Å². The van der Waals surface area contributed by atoms with Gasteiger partial charge in [0, 0.05) is 21.3 Å². The minimum absolute atomic E-state index is 0.0319. The minimum atomic E-state index is -1.14. The number of anilines is 1. The van der Waals surface area contributed by atoms with Gasteiger partial charge in [-0.25, -0.2) is 4.79 Å². The van der Waals surface area contributed by atoms with Gasteiger partial charge in [-0.05, 0) is 36.4 Å². The van der Waals surface area contributed by atoms with E-state index < -0.39 is 11.9 Å². The van der Waals surface area contributed by atoms with E-state index in [2.05, 4.69) is 5.32 Å². The maximum Gasteiger partial charge on any atom is 0.337 e. The highest BCUT2D eigenvalue weighted by Crippen LogP contribution is 2.23. The molecule has 2 aromatic rings. The Morgan fingerprint density at radius 1 is 0.952 bits per heavy atom.